The van der Waals surface area contributed by atoms with Gasteiger partial charge in [0.05, 0.1) is 6.21 Å². The van der Waals surface area contributed by atoms with E-state index in [0.717, 1.165) is 22.0 Å². The van der Waals surface area contributed by atoms with Crippen molar-refractivity contribution in [1.29, 1.82) is 0 Å². The van der Waals surface area contributed by atoms with Crippen LogP contribution in [0.3, 0.4) is 0 Å². The minimum absolute atomic E-state index is 0.566. The molecular weight excluding hydrogens is 304 g/mol. The van der Waals surface area contributed by atoms with Crippen LogP contribution in [0, 0.1) is 6.92 Å². The van der Waals surface area contributed by atoms with Crippen LogP contribution < -0.4 is 10.7 Å². The van der Waals surface area contributed by atoms with Crippen LogP contribution >= 0.6 is 0 Å². The van der Waals surface area contributed by atoms with E-state index in [4.69, 9.17) is 0 Å². The molecule has 0 bridgehead atoms. The highest BCUT2D eigenvalue weighted by atomic mass is 16.2. The van der Waals surface area contributed by atoms with Crippen LogP contribution in [0.5, 0.6) is 0 Å². The predicted octanol–water partition coefficient (Wildman–Crippen LogP) is 2.57. The largest absolute Gasteiger partial charge is 0.361 e. The van der Waals surface area contributed by atoms with Gasteiger partial charge in [-0.3, -0.25) is 9.59 Å². The summed E-state index contributed by atoms with van der Waals surface area (Å²) in [4.78, 5) is 26.7. The zero-order valence-electron chi connectivity index (χ0n) is 13.0. The molecule has 2 amide bonds. The van der Waals surface area contributed by atoms with E-state index in [1.54, 1.807) is 24.4 Å². The maximum Gasteiger partial charge on any atom is 0.329 e. The van der Waals surface area contributed by atoms with Gasteiger partial charge in [-0.1, -0.05) is 30.3 Å². The van der Waals surface area contributed by atoms with Crippen LogP contribution in [0.25, 0.3) is 10.9 Å². The van der Waals surface area contributed by atoms with Gasteiger partial charge in [-0.2, -0.15) is 5.10 Å². The fourth-order valence-corrected chi connectivity index (χ4v) is 2.32. The van der Waals surface area contributed by atoms with E-state index in [1.807, 2.05) is 37.3 Å². The number of para-hydroxylation sites is 1. The monoisotopic (exact) mass is 320 g/mol. The molecule has 0 aliphatic carbocycles. The van der Waals surface area contributed by atoms with Crippen LogP contribution in [0.2, 0.25) is 0 Å². The summed E-state index contributed by atoms with van der Waals surface area (Å²) in [6, 6.07) is 14.9. The lowest BCUT2D eigenvalue weighted by molar-refractivity contribution is -0.136. The first-order valence-electron chi connectivity index (χ1n) is 7.40. The Kier molecular flexibility index (Phi) is 4.38. The fraction of sp³-hybridized carbons (Fsp3) is 0.0556. The predicted molar refractivity (Wildman–Crippen MR) is 93.8 cm³/mol. The van der Waals surface area contributed by atoms with E-state index in [-0.39, 0.29) is 0 Å². The molecule has 0 aliphatic heterocycles. The lowest BCUT2D eigenvalue weighted by atomic mass is 10.2. The number of hydrogen-bond donors (Lipinski definition) is 3. The number of aromatic nitrogens is 1. The molecule has 0 saturated heterocycles. The maximum absolute atomic E-state index is 11.8. The third-order valence-corrected chi connectivity index (χ3v) is 3.47. The molecular formula is C18H16N4O2. The number of anilines is 1. The first kappa shape index (κ1) is 15.5. The molecule has 1 aromatic heterocycles. The summed E-state index contributed by atoms with van der Waals surface area (Å²) >= 11 is 0. The third kappa shape index (κ3) is 3.49. The molecule has 1 heterocycles. The van der Waals surface area contributed by atoms with Gasteiger partial charge in [0.25, 0.3) is 0 Å². The zero-order valence-corrected chi connectivity index (χ0v) is 13.0. The Balaban J connectivity index is 1.61. The molecule has 0 aliphatic rings. The van der Waals surface area contributed by atoms with Gasteiger partial charge < -0.3 is 10.3 Å². The van der Waals surface area contributed by atoms with Gasteiger partial charge in [0.1, 0.15) is 0 Å². The molecule has 0 spiro atoms. The lowest BCUT2D eigenvalue weighted by Crippen LogP contribution is -2.32. The average Bonchev–Trinajstić information content (AvgIpc) is 2.98. The number of hydrogen-bond acceptors (Lipinski definition) is 3. The topological polar surface area (TPSA) is 86.3 Å². The number of nitrogens with zero attached hydrogens (tertiary/aromatic N) is 1. The average molecular weight is 320 g/mol. The number of aryl methyl sites for hydroxylation is 1. The molecule has 3 aromatic rings. The van der Waals surface area contributed by atoms with Crippen LogP contribution in [0.1, 0.15) is 11.1 Å². The molecule has 120 valence electrons. The van der Waals surface area contributed by atoms with Gasteiger partial charge in [-0.25, -0.2) is 5.43 Å². The van der Waals surface area contributed by atoms with Gasteiger partial charge in [0.2, 0.25) is 0 Å². The first-order chi connectivity index (χ1) is 11.6. The zero-order chi connectivity index (χ0) is 16.9. The molecule has 24 heavy (non-hydrogen) atoms. The normalized spacial score (nSPS) is 10.9. The third-order valence-electron chi connectivity index (χ3n) is 3.47. The molecule has 0 saturated carbocycles. The Morgan fingerprint density at radius 2 is 1.92 bits per heavy atom. The number of nitrogens with one attached hydrogen (secondary N) is 3. The molecule has 0 fully saturated rings. The highest BCUT2D eigenvalue weighted by Crippen LogP contribution is 2.15. The first-order valence-corrected chi connectivity index (χ1v) is 7.40. The Labute approximate surface area is 138 Å². The number of carbonyl (C=O) groups is 2. The second-order valence-corrected chi connectivity index (χ2v) is 5.31. The number of aromatic amines is 1. The molecule has 3 rings (SSSR count). The smallest absolute Gasteiger partial charge is 0.329 e. The van der Waals surface area contributed by atoms with Gasteiger partial charge >= 0.3 is 11.8 Å². The summed E-state index contributed by atoms with van der Waals surface area (Å²) < 4.78 is 0. The van der Waals surface area contributed by atoms with Gasteiger partial charge in [-0.05, 0) is 30.7 Å². The van der Waals surface area contributed by atoms with E-state index in [2.05, 4.69) is 20.8 Å². The number of H-pyrrole nitrogens is 1. The quantitative estimate of drug-likeness (QED) is 0.393. The van der Waals surface area contributed by atoms with E-state index >= 15 is 0 Å². The highest BCUT2D eigenvalue weighted by molar-refractivity contribution is 6.39. The Morgan fingerprint density at radius 1 is 1.08 bits per heavy atom. The van der Waals surface area contributed by atoms with Crippen molar-refractivity contribution in [2.45, 2.75) is 6.92 Å². The molecule has 2 aromatic carbocycles. The summed E-state index contributed by atoms with van der Waals surface area (Å²) in [5, 5.41) is 7.35. The molecule has 0 atom stereocenters. The Hall–Kier alpha value is -3.41. The van der Waals surface area contributed by atoms with Gasteiger partial charge in [0.15, 0.2) is 0 Å². The van der Waals surface area contributed by atoms with Crippen LogP contribution in [0.4, 0.5) is 5.69 Å². The van der Waals surface area contributed by atoms with Crippen molar-refractivity contribution < 1.29 is 9.59 Å². The van der Waals surface area contributed by atoms with E-state index in [0.29, 0.717) is 5.69 Å². The van der Waals surface area contributed by atoms with Crippen molar-refractivity contribution in [2.24, 2.45) is 5.10 Å². The fourth-order valence-electron chi connectivity index (χ4n) is 2.32. The Morgan fingerprint density at radius 3 is 2.75 bits per heavy atom. The Bertz CT molecular complexity index is 927. The maximum atomic E-state index is 11.8. The number of fused-ring (bicyclic) bond motifs is 1. The summed E-state index contributed by atoms with van der Waals surface area (Å²) in [6.07, 6.45) is 3.28. The standard InChI is InChI=1S/C18H16N4O2/c1-12-5-4-6-14(9-12)21-17(23)18(24)22-20-11-13-10-19-16-8-3-2-7-15(13)16/h2-11,19H,1H3,(H,21,23)(H,22,24)/b20-11+. The van der Waals surface area contributed by atoms with Crippen LogP contribution in [-0.4, -0.2) is 23.0 Å². The van der Waals surface area contributed by atoms with Crippen molar-refractivity contribution in [3.8, 4) is 0 Å². The van der Waals surface area contributed by atoms with Crippen molar-refractivity contribution in [1.82, 2.24) is 10.4 Å². The van der Waals surface area contributed by atoms with Crippen molar-refractivity contribution in [2.75, 3.05) is 5.32 Å². The number of amides is 2. The van der Waals surface area contributed by atoms with Crippen molar-refractivity contribution >= 4 is 34.6 Å². The lowest BCUT2D eigenvalue weighted by Gasteiger charge is -2.04. The van der Waals surface area contributed by atoms with E-state index < -0.39 is 11.8 Å². The van der Waals surface area contributed by atoms with E-state index in [9.17, 15) is 9.59 Å². The minimum atomic E-state index is -0.826. The van der Waals surface area contributed by atoms with Gasteiger partial charge in [0, 0.05) is 28.4 Å². The number of carbonyl (C=O) groups excluding carboxylic acids is 2. The number of benzene rings is 2. The second kappa shape index (κ2) is 6.78. The van der Waals surface area contributed by atoms with Crippen molar-refractivity contribution in [3.63, 3.8) is 0 Å². The summed E-state index contributed by atoms with van der Waals surface area (Å²) in [6.45, 7) is 1.90. The molecule has 0 unspecified atom stereocenters. The molecule has 6 heteroatoms. The van der Waals surface area contributed by atoms with Crippen molar-refractivity contribution in [3.05, 3.63) is 65.9 Å². The van der Waals surface area contributed by atoms with Crippen LogP contribution in [-0.2, 0) is 9.59 Å². The summed E-state index contributed by atoms with van der Waals surface area (Å²) in [5.41, 5.74) is 5.58. The summed E-state index contributed by atoms with van der Waals surface area (Å²) in [7, 11) is 0. The van der Waals surface area contributed by atoms with Gasteiger partial charge in [-0.15, -0.1) is 0 Å². The highest BCUT2D eigenvalue weighted by Gasteiger charge is 2.12. The van der Waals surface area contributed by atoms with Crippen LogP contribution in [0.15, 0.2) is 59.8 Å². The SMILES string of the molecule is Cc1cccc(NC(=O)C(=O)N/N=C/c2c[nH]c3ccccc23)c1. The molecule has 0 radical (unpaired) electrons. The summed E-state index contributed by atoms with van der Waals surface area (Å²) in [5.74, 6) is -1.59. The van der Waals surface area contributed by atoms with E-state index in [1.165, 1.54) is 6.21 Å². The number of hydrazone groups is 1. The minimum Gasteiger partial charge on any atom is -0.361 e. The molecule has 3 N–H and O–H groups in total. The molecule has 6 nitrogen and oxygen atoms in total. The number of rotatable bonds is 3. The second-order valence-electron chi connectivity index (χ2n) is 5.31.